The average Bonchev–Trinajstić information content (AvgIpc) is 3.18. The Morgan fingerprint density at radius 3 is 2.47 bits per heavy atom. The van der Waals surface area contributed by atoms with E-state index in [1.165, 1.54) is 11.1 Å². The summed E-state index contributed by atoms with van der Waals surface area (Å²) in [6.45, 7) is 6.55. The van der Waals surface area contributed by atoms with Gasteiger partial charge in [0.15, 0.2) is 0 Å². The molecule has 2 aliphatic rings. The van der Waals surface area contributed by atoms with Crippen LogP contribution in [0.2, 0.25) is 5.02 Å². The first kappa shape index (κ1) is 21.5. The number of benzene rings is 2. The minimum Gasteiger partial charge on any atom is -0.361 e. The van der Waals surface area contributed by atoms with Gasteiger partial charge in [0.05, 0.1) is 11.4 Å². The molecule has 1 saturated heterocycles. The van der Waals surface area contributed by atoms with E-state index in [1.807, 2.05) is 6.92 Å². The van der Waals surface area contributed by atoms with Crippen molar-refractivity contribution in [1.82, 2.24) is 19.0 Å². The number of hydrogen-bond donors (Lipinski definition) is 1. The molecular weight excluding hydrogens is 440 g/mol. The van der Waals surface area contributed by atoms with E-state index < -0.39 is 10.0 Å². The maximum atomic E-state index is 13.0. The quantitative estimate of drug-likeness (QED) is 0.679. The fourth-order valence-corrected chi connectivity index (χ4v) is 6.19. The van der Waals surface area contributed by atoms with E-state index in [0.717, 1.165) is 11.6 Å². The first-order chi connectivity index (χ1) is 14.3. The summed E-state index contributed by atoms with van der Waals surface area (Å²) >= 11 is 7.47. The Labute approximate surface area is 187 Å². The van der Waals surface area contributed by atoms with Gasteiger partial charge in [0, 0.05) is 36.9 Å². The average molecular weight is 465 g/mol. The van der Waals surface area contributed by atoms with Crippen molar-refractivity contribution < 1.29 is 8.42 Å². The Hall–Kier alpha value is -1.71. The highest BCUT2D eigenvalue weighted by atomic mass is 35.5. The predicted octanol–water partition coefficient (Wildman–Crippen LogP) is 3.81. The summed E-state index contributed by atoms with van der Waals surface area (Å²) in [4.78, 5) is 5.85. The van der Waals surface area contributed by atoms with Gasteiger partial charge in [0.25, 0.3) is 0 Å². The van der Waals surface area contributed by atoms with Crippen LogP contribution in [0.4, 0.5) is 0 Å². The molecule has 2 heterocycles. The van der Waals surface area contributed by atoms with Gasteiger partial charge in [-0.15, -0.1) is 0 Å². The zero-order chi connectivity index (χ0) is 21.3. The lowest BCUT2D eigenvalue weighted by molar-refractivity contribution is 0.183. The van der Waals surface area contributed by atoms with E-state index in [9.17, 15) is 8.42 Å². The molecule has 0 bridgehead atoms. The molecule has 1 fully saturated rings. The molecule has 0 amide bonds. The van der Waals surface area contributed by atoms with E-state index >= 15 is 0 Å². The van der Waals surface area contributed by atoms with Crippen molar-refractivity contribution in [2.24, 2.45) is 0 Å². The zero-order valence-electron chi connectivity index (χ0n) is 17.0. The van der Waals surface area contributed by atoms with Gasteiger partial charge >= 0.3 is 0 Å². The molecule has 2 aliphatic heterocycles. The van der Waals surface area contributed by atoms with Crippen LogP contribution in [0.3, 0.4) is 0 Å². The third-order valence-electron chi connectivity index (χ3n) is 5.31. The lowest BCUT2D eigenvalue weighted by Gasteiger charge is -2.39. The Bertz CT molecular complexity index is 1030. The molecule has 160 valence electrons. The van der Waals surface area contributed by atoms with Crippen molar-refractivity contribution in [3.8, 4) is 0 Å². The van der Waals surface area contributed by atoms with Crippen LogP contribution in [-0.4, -0.2) is 48.3 Å². The third kappa shape index (κ3) is 4.63. The van der Waals surface area contributed by atoms with Gasteiger partial charge in [0.1, 0.15) is 5.03 Å². The summed E-state index contributed by atoms with van der Waals surface area (Å²) in [6.07, 6.45) is 2.10. The van der Waals surface area contributed by atoms with Crippen molar-refractivity contribution >= 4 is 33.6 Å². The van der Waals surface area contributed by atoms with E-state index in [4.69, 9.17) is 11.6 Å². The number of sulfonamides is 1. The fraction of sp³-hybridized carbons (Fsp3) is 0.333. The zero-order valence-corrected chi connectivity index (χ0v) is 19.3. The van der Waals surface area contributed by atoms with Gasteiger partial charge < -0.3 is 4.90 Å². The molecule has 9 heteroatoms. The van der Waals surface area contributed by atoms with Gasteiger partial charge in [0.2, 0.25) is 10.0 Å². The van der Waals surface area contributed by atoms with Crippen LogP contribution < -0.4 is 4.83 Å². The van der Waals surface area contributed by atoms with Crippen LogP contribution in [0.1, 0.15) is 18.1 Å². The SMILES string of the molecule is Cc1ccc(CN2C=C(N3CCN(S(=O)(=O)c4ccc(Cl)cc4)C(C)C3)SN2)cc1. The van der Waals surface area contributed by atoms with Crippen LogP contribution in [0.5, 0.6) is 0 Å². The number of hydrazine groups is 1. The summed E-state index contributed by atoms with van der Waals surface area (Å²) in [6, 6.07) is 14.7. The molecule has 1 atom stereocenters. The minimum absolute atomic E-state index is 0.132. The topological polar surface area (TPSA) is 55.9 Å². The molecule has 0 radical (unpaired) electrons. The highest BCUT2D eigenvalue weighted by molar-refractivity contribution is 8.01. The highest BCUT2D eigenvalue weighted by Crippen LogP contribution is 2.30. The van der Waals surface area contributed by atoms with Crippen molar-refractivity contribution in [2.75, 3.05) is 19.6 Å². The first-order valence-corrected chi connectivity index (χ1v) is 12.5. The third-order valence-corrected chi connectivity index (χ3v) is 8.48. The first-order valence-electron chi connectivity index (χ1n) is 9.82. The second-order valence-corrected chi connectivity index (χ2v) is 10.8. The van der Waals surface area contributed by atoms with Gasteiger partial charge in [-0.1, -0.05) is 41.4 Å². The molecule has 0 aromatic heterocycles. The largest absolute Gasteiger partial charge is 0.361 e. The van der Waals surface area contributed by atoms with Crippen LogP contribution in [0, 0.1) is 6.92 Å². The minimum atomic E-state index is -3.53. The molecule has 1 N–H and O–H groups in total. The van der Waals surface area contributed by atoms with Crippen LogP contribution in [-0.2, 0) is 16.6 Å². The molecule has 30 heavy (non-hydrogen) atoms. The number of halogens is 1. The summed E-state index contributed by atoms with van der Waals surface area (Å²) in [5, 5.41) is 3.70. The maximum absolute atomic E-state index is 13.0. The number of nitrogens with one attached hydrogen (secondary N) is 1. The summed E-state index contributed by atoms with van der Waals surface area (Å²) in [7, 11) is -3.53. The van der Waals surface area contributed by atoms with Crippen LogP contribution >= 0.6 is 23.5 Å². The van der Waals surface area contributed by atoms with Gasteiger partial charge in [-0.3, -0.25) is 5.01 Å². The highest BCUT2D eigenvalue weighted by Gasteiger charge is 2.35. The number of hydrogen-bond acceptors (Lipinski definition) is 6. The van der Waals surface area contributed by atoms with E-state index in [0.29, 0.717) is 24.7 Å². The smallest absolute Gasteiger partial charge is 0.243 e. The monoisotopic (exact) mass is 464 g/mol. The van der Waals surface area contributed by atoms with Gasteiger partial charge in [-0.25, -0.2) is 8.42 Å². The van der Waals surface area contributed by atoms with Crippen molar-refractivity contribution in [3.05, 3.63) is 75.9 Å². The number of rotatable bonds is 5. The van der Waals surface area contributed by atoms with Gasteiger partial charge in [-0.05, 0) is 55.6 Å². The summed E-state index contributed by atoms with van der Waals surface area (Å²) < 4.78 is 27.7. The summed E-state index contributed by atoms with van der Waals surface area (Å²) in [5.41, 5.74) is 2.48. The molecule has 6 nitrogen and oxygen atoms in total. The molecule has 0 spiro atoms. The Kier molecular flexibility index (Phi) is 6.31. The number of piperazine rings is 1. The Morgan fingerprint density at radius 1 is 1.10 bits per heavy atom. The lowest BCUT2D eigenvalue weighted by Crippen LogP contribution is -2.53. The number of aryl methyl sites for hydroxylation is 1. The standard InChI is InChI=1S/C21H25ClN4O2S2/c1-16-3-5-18(6-4-16)14-25-15-21(29-23-25)24-11-12-26(17(2)13-24)30(27,28)20-9-7-19(22)8-10-20/h3-10,15,17,23H,11-14H2,1-2H3. The predicted molar refractivity (Wildman–Crippen MR) is 122 cm³/mol. The molecule has 0 saturated carbocycles. The second kappa shape index (κ2) is 8.80. The van der Waals surface area contributed by atoms with Gasteiger partial charge in [-0.2, -0.15) is 9.14 Å². The normalized spacial score (nSPS) is 20.5. The van der Waals surface area contributed by atoms with E-state index in [1.54, 1.807) is 40.5 Å². The molecular formula is C21H25ClN4O2S2. The van der Waals surface area contributed by atoms with Crippen molar-refractivity contribution in [3.63, 3.8) is 0 Å². The van der Waals surface area contributed by atoms with E-state index in [2.05, 4.69) is 52.1 Å². The molecule has 0 aliphatic carbocycles. The lowest BCUT2D eigenvalue weighted by atomic mass is 10.1. The van der Waals surface area contributed by atoms with Crippen LogP contribution in [0.15, 0.2) is 64.7 Å². The summed E-state index contributed by atoms with van der Waals surface area (Å²) in [5.74, 6) is 0. The van der Waals surface area contributed by atoms with Crippen molar-refractivity contribution in [2.45, 2.75) is 31.3 Å². The van der Waals surface area contributed by atoms with Crippen LogP contribution in [0.25, 0.3) is 0 Å². The number of nitrogens with zero attached hydrogens (tertiary/aromatic N) is 3. The fourth-order valence-electron chi connectivity index (χ4n) is 3.65. The second-order valence-electron chi connectivity index (χ2n) is 7.64. The van der Waals surface area contributed by atoms with Crippen molar-refractivity contribution in [1.29, 1.82) is 0 Å². The molecule has 2 aromatic rings. The van der Waals surface area contributed by atoms with E-state index in [-0.39, 0.29) is 10.9 Å². The molecule has 4 rings (SSSR count). The Balaban J connectivity index is 1.40. The maximum Gasteiger partial charge on any atom is 0.243 e. The Morgan fingerprint density at radius 2 is 1.80 bits per heavy atom. The molecule has 1 unspecified atom stereocenters. The molecule has 2 aromatic carbocycles.